The molecule has 3 nitrogen and oxygen atoms in total. The SMILES string of the molecule is NOC=O.[LiH]. The molecule has 0 atom stereocenters. The first kappa shape index (κ1) is 8.90. The molecular formula is CH4LiNO2. The topological polar surface area (TPSA) is 52.3 Å². The van der Waals surface area contributed by atoms with Gasteiger partial charge in [0.05, 0.1) is 0 Å². The van der Waals surface area contributed by atoms with Crippen molar-refractivity contribution in [3.63, 3.8) is 0 Å². The average molecular weight is 69.0 g/mol. The summed E-state index contributed by atoms with van der Waals surface area (Å²) in [6, 6.07) is 0. The zero-order valence-corrected chi connectivity index (χ0v) is 1.97. The molecule has 26 valence electrons. The Balaban J connectivity index is 0. The van der Waals surface area contributed by atoms with E-state index < -0.39 is 0 Å². The molecule has 0 saturated carbocycles. The van der Waals surface area contributed by atoms with E-state index in [2.05, 4.69) is 10.7 Å². The molecule has 0 amide bonds. The second kappa shape index (κ2) is 8.98. The van der Waals surface area contributed by atoms with Gasteiger partial charge in [-0.3, -0.25) is 4.79 Å². The first-order chi connectivity index (χ1) is 1.91. The van der Waals surface area contributed by atoms with E-state index in [4.69, 9.17) is 4.79 Å². The summed E-state index contributed by atoms with van der Waals surface area (Å²) < 4.78 is 0. The Morgan fingerprint density at radius 2 is 2.00 bits per heavy atom. The van der Waals surface area contributed by atoms with Gasteiger partial charge in [-0.15, -0.1) is 0 Å². The molecule has 0 unspecified atom stereocenters. The molecular weight excluding hydrogens is 65.0 g/mol. The molecule has 0 aromatic carbocycles. The summed E-state index contributed by atoms with van der Waals surface area (Å²) in [5.41, 5.74) is 0. The van der Waals surface area contributed by atoms with E-state index in [1.54, 1.807) is 0 Å². The summed E-state index contributed by atoms with van der Waals surface area (Å²) in [5.74, 6) is 4.16. The Morgan fingerprint density at radius 3 is 2.00 bits per heavy atom. The van der Waals surface area contributed by atoms with Crippen molar-refractivity contribution < 1.29 is 9.63 Å². The van der Waals surface area contributed by atoms with Gasteiger partial charge < -0.3 is 4.84 Å². The second-order valence-corrected chi connectivity index (χ2v) is 0.232. The van der Waals surface area contributed by atoms with Crippen LogP contribution in [0.25, 0.3) is 0 Å². The summed E-state index contributed by atoms with van der Waals surface area (Å²) in [6.45, 7) is 0.153. The summed E-state index contributed by atoms with van der Waals surface area (Å²) >= 11 is 0. The quantitative estimate of drug-likeness (QED) is 0.229. The molecule has 0 aromatic heterocycles. The van der Waals surface area contributed by atoms with Gasteiger partial charge in [-0.25, -0.2) is 0 Å². The van der Waals surface area contributed by atoms with E-state index in [1.807, 2.05) is 0 Å². The van der Waals surface area contributed by atoms with Gasteiger partial charge >= 0.3 is 25.3 Å². The van der Waals surface area contributed by atoms with Crippen LogP contribution in [0.1, 0.15) is 0 Å². The van der Waals surface area contributed by atoms with Gasteiger partial charge in [0.2, 0.25) is 0 Å². The molecule has 5 heavy (non-hydrogen) atoms. The van der Waals surface area contributed by atoms with Gasteiger partial charge in [-0.2, -0.15) is 5.90 Å². The standard InChI is InChI=1S/CH3NO2.Li.H/c2-4-1-3;;/h1H,2H2;;. The van der Waals surface area contributed by atoms with Crippen LogP contribution in [0, 0.1) is 0 Å². The Kier molecular flexibility index (Phi) is 16.0. The van der Waals surface area contributed by atoms with E-state index in [9.17, 15) is 0 Å². The van der Waals surface area contributed by atoms with Crippen molar-refractivity contribution in [2.75, 3.05) is 0 Å². The minimum atomic E-state index is 0. The summed E-state index contributed by atoms with van der Waals surface area (Å²) in [4.78, 5) is 12.2. The normalized spacial score (nSPS) is 4.20. The molecule has 0 aliphatic heterocycles. The van der Waals surface area contributed by atoms with Crippen molar-refractivity contribution in [1.29, 1.82) is 0 Å². The van der Waals surface area contributed by atoms with E-state index in [0.717, 1.165) is 0 Å². The molecule has 0 bridgehead atoms. The molecule has 2 N–H and O–H groups in total. The first-order valence-corrected chi connectivity index (χ1v) is 0.707. The van der Waals surface area contributed by atoms with Crippen LogP contribution >= 0.6 is 0 Å². The fraction of sp³-hybridized carbons (Fsp3) is 0. The third-order valence-corrected chi connectivity index (χ3v) is 0.0556. The Bertz CT molecular complexity index is 23.6. The van der Waals surface area contributed by atoms with Crippen LogP contribution in [0.5, 0.6) is 0 Å². The van der Waals surface area contributed by atoms with E-state index in [0.29, 0.717) is 0 Å². The van der Waals surface area contributed by atoms with Crippen LogP contribution in [-0.4, -0.2) is 25.3 Å². The molecule has 0 fully saturated rings. The molecule has 0 rings (SSSR count). The monoisotopic (exact) mass is 69.0 g/mol. The predicted octanol–water partition coefficient (Wildman–Crippen LogP) is -1.62. The van der Waals surface area contributed by atoms with Crippen molar-refractivity contribution in [3.05, 3.63) is 0 Å². The molecule has 0 heterocycles. The van der Waals surface area contributed by atoms with Crippen molar-refractivity contribution in [3.8, 4) is 0 Å². The maximum absolute atomic E-state index is 8.83. The third kappa shape index (κ3) is 15.7. The molecule has 0 aliphatic rings. The third-order valence-electron chi connectivity index (χ3n) is 0.0556. The number of nitrogens with two attached hydrogens (primary N) is 1. The Labute approximate surface area is 41.6 Å². The number of hydrogen-bond donors (Lipinski definition) is 1. The van der Waals surface area contributed by atoms with Crippen molar-refractivity contribution in [2.45, 2.75) is 0 Å². The summed E-state index contributed by atoms with van der Waals surface area (Å²) in [6.07, 6.45) is 0. The van der Waals surface area contributed by atoms with Crippen LogP contribution in [0.15, 0.2) is 0 Å². The molecule has 0 aromatic rings. The molecule has 4 heteroatoms. The van der Waals surface area contributed by atoms with Crippen molar-refractivity contribution >= 4 is 25.3 Å². The van der Waals surface area contributed by atoms with Crippen molar-refractivity contribution in [1.82, 2.24) is 0 Å². The molecule has 0 spiro atoms. The molecule has 0 radical (unpaired) electrons. The molecule has 0 saturated heterocycles. The van der Waals surface area contributed by atoms with Gasteiger partial charge in [-0.05, 0) is 0 Å². The predicted molar refractivity (Wildman–Crippen MR) is 18.5 cm³/mol. The zero-order chi connectivity index (χ0) is 3.41. The van der Waals surface area contributed by atoms with Crippen LogP contribution in [-0.2, 0) is 9.63 Å². The zero-order valence-electron chi connectivity index (χ0n) is 1.97. The van der Waals surface area contributed by atoms with Crippen LogP contribution < -0.4 is 5.90 Å². The van der Waals surface area contributed by atoms with Crippen LogP contribution in [0.3, 0.4) is 0 Å². The first-order valence-electron chi connectivity index (χ1n) is 0.707. The van der Waals surface area contributed by atoms with Gasteiger partial charge in [-0.1, -0.05) is 0 Å². The second-order valence-electron chi connectivity index (χ2n) is 0.232. The van der Waals surface area contributed by atoms with Gasteiger partial charge in [0.25, 0.3) is 0 Å². The van der Waals surface area contributed by atoms with Gasteiger partial charge in [0, 0.05) is 0 Å². The van der Waals surface area contributed by atoms with Crippen LogP contribution in [0.2, 0.25) is 0 Å². The Morgan fingerprint density at radius 1 is 1.80 bits per heavy atom. The van der Waals surface area contributed by atoms with E-state index >= 15 is 0 Å². The van der Waals surface area contributed by atoms with Gasteiger partial charge in [0.15, 0.2) is 0 Å². The number of hydrogen-bond acceptors (Lipinski definition) is 3. The fourth-order valence-electron chi connectivity index (χ4n) is 0. The summed E-state index contributed by atoms with van der Waals surface area (Å²) in [7, 11) is 0. The van der Waals surface area contributed by atoms with E-state index in [-0.39, 0.29) is 25.3 Å². The fourth-order valence-corrected chi connectivity index (χ4v) is 0. The van der Waals surface area contributed by atoms with E-state index in [1.165, 1.54) is 0 Å². The number of rotatable bonds is 1. The van der Waals surface area contributed by atoms with Crippen molar-refractivity contribution in [2.24, 2.45) is 5.90 Å². The molecule has 0 aliphatic carbocycles. The Hall–Kier alpha value is 0.0274. The van der Waals surface area contributed by atoms with Crippen LogP contribution in [0.4, 0.5) is 0 Å². The number of carbonyl (C=O) groups is 1. The summed E-state index contributed by atoms with van der Waals surface area (Å²) in [5, 5.41) is 0. The minimum absolute atomic E-state index is 0. The number of carbonyl (C=O) groups excluding carboxylic acids is 1. The average Bonchev–Trinajstić information content (AvgIpc) is 1.37. The van der Waals surface area contributed by atoms with Gasteiger partial charge in [0.1, 0.15) is 0 Å². The maximum atomic E-state index is 8.83.